The molecule has 0 aromatic heterocycles. The lowest BCUT2D eigenvalue weighted by atomic mass is 10.2. The normalized spacial score (nSPS) is 16.5. The Balaban J connectivity index is 1.86. The predicted octanol–water partition coefficient (Wildman–Crippen LogP) is 1.43. The zero-order chi connectivity index (χ0) is 13.5. The maximum absolute atomic E-state index is 5.71. The Hall–Kier alpha value is -1.26. The predicted molar refractivity (Wildman–Crippen MR) is 80.2 cm³/mol. The van der Waals surface area contributed by atoms with E-state index >= 15 is 0 Å². The first kappa shape index (κ1) is 14.2. The van der Waals surface area contributed by atoms with Gasteiger partial charge in [-0.25, -0.2) is 0 Å². The number of ether oxygens (including phenoxy) is 1. The molecule has 1 saturated heterocycles. The first-order valence-corrected chi connectivity index (χ1v) is 7.09. The van der Waals surface area contributed by atoms with Crippen LogP contribution in [0.25, 0.3) is 0 Å². The van der Waals surface area contributed by atoms with Crippen LogP contribution in [0.4, 0.5) is 5.69 Å². The molecule has 19 heavy (non-hydrogen) atoms. The van der Waals surface area contributed by atoms with E-state index in [-0.39, 0.29) is 0 Å². The summed E-state index contributed by atoms with van der Waals surface area (Å²) in [4.78, 5) is 4.56. The van der Waals surface area contributed by atoms with Crippen molar-refractivity contribution in [2.45, 2.75) is 6.42 Å². The quantitative estimate of drug-likeness (QED) is 0.870. The lowest BCUT2D eigenvalue weighted by molar-refractivity contribution is 0.261. The van der Waals surface area contributed by atoms with Crippen LogP contribution in [0.1, 0.15) is 6.42 Å². The summed E-state index contributed by atoms with van der Waals surface area (Å²) in [5.41, 5.74) is 1.30. The molecule has 0 atom stereocenters. The monoisotopic (exact) mass is 263 g/mol. The molecule has 1 aromatic rings. The zero-order valence-electron chi connectivity index (χ0n) is 12.1. The highest BCUT2D eigenvalue weighted by molar-refractivity contribution is 5.49. The molecular formula is C15H25N3O. The van der Waals surface area contributed by atoms with E-state index in [1.807, 2.05) is 0 Å². The Morgan fingerprint density at radius 2 is 1.95 bits per heavy atom. The number of anilines is 1. The molecule has 4 heteroatoms. The average Bonchev–Trinajstić information content (AvgIpc) is 2.68. The molecular weight excluding hydrogens is 238 g/mol. The number of benzene rings is 1. The van der Waals surface area contributed by atoms with Gasteiger partial charge in [0.1, 0.15) is 12.4 Å². The van der Waals surface area contributed by atoms with E-state index in [9.17, 15) is 0 Å². The standard InChI is InChI=1S/C15H25N3O/c1-17(2)12-13-19-15-6-4-14(5-7-15)18-10-3-8-16-9-11-18/h4-7,16H,3,8-13H2,1-2H3. The minimum Gasteiger partial charge on any atom is -0.492 e. The van der Waals surface area contributed by atoms with E-state index in [0.29, 0.717) is 0 Å². The summed E-state index contributed by atoms with van der Waals surface area (Å²) in [5.74, 6) is 0.957. The van der Waals surface area contributed by atoms with Gasteiger partial charge < -0.3 is 19.9 Å². The third-order valence-electron chi connectivity index (χ3n) is 3.35. The Morgan fingerprint density at radius 3 is 2.68 bits per heavy atom. The molecule has 0 aliphatic carbocycles. The van der Waals surface area contributed by atoms with Gasteiger partial charge in [-0.15, -0.1) is 0 Å². The molecule has 2 rings (SSSR count). The maximum atomic E-state index is 5.71. The highest BCUT2D eigenvalue weighted by atomic mass is 16.5. The highest BCUT2D eigenvalue weighted by Gasteiger charge is 2.09. The maximum Gasteiger partial charge on any atom is 0.119 e. The first-order chi connectivity index (χ1) is 9.25. The molecule has 106 valence electrons. The van der Waals surface area contributed by atoms with E-state index in [0.717, 1.165) is 45.1 Å². The highest BCUT2D eigenvalue weighted by Crippen LogP contribution is 2.20. The van der Waals surface area contributed by atoms with E-state index in [1.165, 1.54) is 12.1 Å². The van der Waals surface area contributed by atoms with Crippen LogP contribution < -0.4 is 15.0 Å². The van der Waals surface area contributed by atoms with Crippen molar-refractivity contribution in [3.63, 3.8) is 0 Å². The van der Waals surface area contributed by atoms with Gasteiger partial charge in [0.05, 0.1) is 0 Å². The van der Waals surface area contributed by atoms with Crippen molar-refractivity contribution >= 4 is 5.69 Å². The Bertz CT molecular complexity index is 356. The first-order valence-electron chi connectivity index (χ1n) is 7.09. The third kappa shape index (κ3) is 4.73. The number of hydrogen-bond donors (Lipinski definition) is 1. The molecule has 1 aliphatic heterocycles. The van der Waals surface area contributed by atoms with E-state index in [4.69, 9.17) is 4.74 Å². The molecule has 0 bridgehead atoms. The van der Waals surface area contributed by atoms with Gasteiger partial charge in [-0.3, -0.25) is 0 Å². The fourth-order valence-corrected chi connectivity index (χ4v) is 2.20. The second kappa shape index (κ2) is 7.36. The van der Waals surface area contributed by atoms with Crippen LogP contribution in [0, 0.1) is 0 Å². The van der Waals surface area contributed by atoms with Crippen LogP contribution in [0.5, 0.6) is 5.75 Å². The van der Waals surface area contributed by atoms with E-state index in [2.05, 4.69) is 53.5 Å². The van der Waals surface area contributed by atoms with Crippen molar-refractivity contribution < 1.29 is 4.74 Å². The van der Waals surface area contributed by atoms with Gasteiger partial charge in [0.25, 0.3) is 0 Å². The number of likely N-dealkylation sites (N-methyl/N-ethyl adjacent to an activating group) is 1. The molecule has 0 radical (unpaired) electrons. The average molecular weight is 263 g/mol. The van der Waals surface area contributed by atoms with Gasteiger partial charge in [0.15, 0.2) is 0 Å². The van der Waals surface area contributed by atoms with Crippen LogP contribution in [-0.2, 0) is 0 Å². The van der Waals surface area contributed by atoms with Crippen LogP contribution in [-0.4, -0.2) is 58.3 Å². The molecule has 0 amide bonds. The second-order valence-electron chi connectivity index (χ2n) is 5.24. The van der Waals surface area contributed by atoms with Crippen molar-refractivity contribution in [1.29, 1.82) is 0 Å². The van der Waals surface area contributed by atoms with Crippen molar-refractivity contribution in [1.82, 2.24) is 10.2 Å². The zero-order valence-corrected chi connectivity index (χ0v) is 12.1. The molecule has 1 aliphatic rings. The van der Waals surface area contributed by atoms with Gasteiger partial charge in [0, 0.05) is 31.9 Å². The van der Waals surface area contributed by atoms with Gasteiger partial charge in [-0.1, -0.05) is 0 Å². The molecule has 1 aromatic carbocycles. The minimum atomic E-state index is 0.736. The fraction of sp³-hybridized carbons (Fsp3) is 0.600. The summed E-state index contributed by atoms with van der Waals surface area (Å²) >= 11 is 0. The van der Waals surface area contributed by atoms with Crippen molar-refractivity contribution in [2.75, 3.05) is 58.3 Å². The molecule has 0 unspecified atom stereocenters. The number of nitrogens with one attached hydrogen (secondary N) is 1. The topological polar surface area (TPSA) is 27.7 Å². The van der Waals surface area contributed by atoms with E-state index in [1.54, 1.807) is 0 Å². The lowest BCUT2D eigenvalue weighted by Crippen LogP contribution is -2.27. The molecule has 1 fully saturated rings. The van der Waals surface area contributed by atoms with Gasteiger partial charge in [-0.05, 0) is 51.3 Å². The van der Waals surface area contributed by atoms with E-state index < -0.39 is 0 Å². The van der Waals surface area contributed by atoms with Gasteiger partial charge >= 0.3 is 0 Å². The van der Waals surface area contributed by atoms with Crippen LogP contribution in [0.15, 0.2) is 24.3 Å². The Morgan fingerprint density at radius 1 is 1.16 bits per heavy atom. The molecule has 1 heterocycles. The van der Waals surface area contributed by atoms with Crippen LogP contribution in [0.3, 0.4) is 0 Å². The molecule has 4 nitrogen and oxygen atoms in total. The van der Waals surface area contributed by atoms with Crippen molar-refractivity contribution in [2.24, 2.45) is 0 Å². The van der Waals surface area contributed by atoms with Gasteiger partial charge in [-0.2, -0.15) is 0 Å². The SMILES string of the molecule is CN(C)CCOc1ccc(N2CCCNCC2)cc1. The third-order valence-corrected chi connectivity index (χ3v) is 3.35. The molecule has 0 spiro atoms. The Kier molecular flexibility index (Phi) is 5.48. The van der Waals surface area contributed by atoms with Crippen molar-refractivity contribution in [3.8, 4) is 5.75 Å². The number of rotatable bonds is 5. The second-order valence-corrected chi connectivity index (χ2v) is 5.24. The Labute approximate surface area is 116 Å². The molecule has 1 N–H and O–H groups in total. The number of hydrogen-bond acceptors (Lipinski definition) is 4. The lowest BCUT2D eigenvalue weighted by Gasteiger charge is -2.22. The summed E-state index contributed by atoms with van der Waals surface area (Å²) < 4.78 is 5.71. The van der Waals surface area contributed by atoms with Crippen LogP contribution >= 0.6 is 0 Å². The van der Waals surface area contributed by atoms with Gasteiger partial charge in [0.2, 0.25) is 0 Å². The minimum absolute atomic E-state index is 0.736. The summed E-state index contributed by atoms with van der Waals surface area (Å²) in [6, 6.07) is 8.47. The smallest absolute Gasteiger partial charge is 0.119 e. The van der Waals surface area contributed by atoms with Crippen LogP contribution in [0.2, 0.25) is 0 Å². The summed E-state index contributed by atoms with van der Waals surface area (Å²) in [5, 5.41) is 3.43. The summed E-state index contributed by atoms with van der Waals surface area (Å²) in [6.45, 7) is 6.09. The largest absolute Gasteiger partial charge is 0.492 e. The summed E-state index contributed by atoms with van der Waals surface area (Å²) in [6.07, 6.45) is 1.21. The molecule has 0 saturated carbocycles. The number of nitrogens with zero attached hydrogens (tertiary/aromatic N) is 2. The fourth-order valence-electron chi connectivity index (χ4n) is 2.20. The summed E-state index contributed by atoms with van der Waals surface area (Å²) in [7, 11) is 4.11. The van der Waals surface area contributed by atoms with Crippen molar-refractivity contribution in [3.05, 3.63) is 24.3 Å².